The van der Waals surface area contributed by atoms with Crippen molar-refractivity contribution < 1.29 is 34.3 Å². The average molecular weight is 392 g/mol. The first-order chi connectivity index (χ1) is 13.4. The molecule has 0 bridgehead atoms. The molecular formula is C20H24O8. The molecule has 2 heterocycles. The van der Waals surface area contributed by atoms with Crippen molar-refractivity contribution in [2.24, 2.45) is 0 Å². The van der Waals surface area contributed by atoms with Gasteiger partial charge in [0, 0.05) is 5.56 Å². The summed E-state index contributed by atoms with van der Waals surface area (Å²) >= 11 is 0. The van der Waals surface area contributed by atoms with Crippen molar-refractivity contribution in [3.05, 3.63) is 39.2 Å². The van der Waals surface area contributed by atoms with Crippen molar-refractivity contribution in [2.75, 3.05) is 6.61 Å². The van der Waals surface area contributed by atoms with E-state index in [2.05, 4.69) is 0 Å². The van der Waals surface area contributed by atoms with Crippen molar-refractivity contribution in [2.45, 2.75) is 63.3 Å². The molecule has 1 aliphatic carbocycles. The molecule has 0 radical (unpaired) electrons. The van der Waals surface area contributed by atoms with Crippen LogP contribution in [0.1, 0.15) is 29.5 Å². The fourth-order valence-corrected chi connectivity index (χ4v) is 4.05. The van der Waals surface area contributed by atoms with Gasteiger partial charge in [-0.1, -0.05) is 0 Å². The molecule has 0 spiro atoms. The number of rotatable bonds is 3. The quantitative estimate of drug-likeness (QED) is 0.544. The van der Waals surface area contributed by atoms with Crippen LogP contribution in [-0.4, -0.2) is 57.7 Å². The second kappa shape index (κ2) is 7.46. The van der Waals surface area contributed by atoms with E-state index < -0.39 is 37.3 Å². The van der Waals surface area contributed by atoms with Crippen LogP contribution >= 0.6 is 0 Å². The average Bonchev–Trinajstić information content (AvgIpc) is 2.68. The largest absolute Gasteiger partial charge is 0.461 e. The smallest absolute Gasteiger partial charge is 0.339 e. The van der Waals surface area contributed by atoms with Crippen LogP contribution in [0, 0.1) is 6.92 Å². The highest BCUT2D eigenvalue weighted by molar-refractivity contribution is 5.88. The van der Waals surface area contributed by atoms with Crippen molar-refractivity contribution in [1.29, 1.82) is 0 Å². The number of aliphatic hydroxyl groups is 4. The third-order valence-electron chi connectivity index (χ3n) is 5.52. The third kappa shape index (κ3) is 3.21. The van der Waals surface area contributed by atoms with E-state index in [1.807, 2.05) is 6.92 Å². The van der Waals surface area contributed by atoms with E-state index in [1.165, 1.54) is 0 Å². The molecule has 28 heavy (non-hydrogen) atoms. The zero-order valence-electron chi connectivity index (χ0n) is 15.5. The molecular weight excluding hydrogens is 368 g/mol. The highest BCUT2D eigenvalue weighted by atomic mass is 16.7. The lowest BCUT2D eigenvalue weighted by molar-refractivity contribution is -0.277. The van der Waals surface area contributed by atoms with Gasteiger partial charge in [-0.25, -0.2) is 4.79 Å². The topological polar surface area (TPSA) is 130 Å². The Kier molecular flexibility index (Phi) is 5.15. The second-order valence-corrected chi connectivity index (χ2v) is 7.51. The lowest BCUT2D eigenvalue weighted by Gasteiger charge is -2.39. The van der Waals surface area contributed by atoms with Gasteiger partial charge in [-0.15, -0.1) is 0 Å². The third-order valence-corrected chi connectivity index (χ3v) is 5.52. The van der Waals surface area contributed by atoms with E-state index in [9.17, 15) is 25.2 Å². The summed E-state index contributed by atoms with van der Waals surface area (Å²) in [5.74, 6) is 0.362. The van der Waals surface area contributed by atoms with E-state index in [0.717, 1.165) is 24.0 Å². The number of aliphatic hydroxyl groups excluding tert-OH is 4. The molecule has 8 heteroatoms. The summed E-state index contributed by atoms with van der Waals surface area (Å²) in [7, 11) is 0. The van der Waals surface area contributed by atoms with Crippen molar-refractivity contribution in [1.82, 2.24) is 0 Å². The van der Waals surface area contributed by atoms with E-state index in [0.29, 0.717) is 35.1 Å². The second-order valence-electron chi connectivity index (χ2n) is 7.51. The molecule has 1 aliphatic heterocycles. The van der Waals surface area contributed by atoms with Gasteiger partial charge < -0.3 is 34.3 Å². The van der Waals surface area contributed by atoms with Crippen LogP contribution in [0.25, 0.3) is 11.0 Å². The molecule has 4 N–H and O–H groups in total. The van der Waals surface area contributed by atoms with Crippen LogP contribution in [0.4, 0.5) is 0 Å². The van der Waals surface area contributed by atoms with Crippen molar-refractivity contribution in [3.8, 4) is 5.75 Å². The molecule has 152 valence electrons. The molecule has 5 atom stereocenters. The Labute approximate surface area is 160 Å². The maximum atomic E-state index is 12.3. The lowest BCUT2D eigenvalue weighted by Crippen LogP contribution is -2.60. The van der Waals surface area contributed by atoms with Gasteiger partial charge in [-0.05, 0) is 55.9 Å². The van der Waals surface area contributed by atoms with Gasteiger partial charge in [0.05, 0.1) is 12.0 Å². The van der Waals surface area contributed by atoms with Crippen LogP contribution in [0.2, 0.25) is 0 Å². The molecule has 1 aromatic carbocycles. The van der Waals surface area contributed by atoms with E-state index in [-0.39, 0.29) is 5.63 Å². The van der Waals surface area contributed by atoms with Crippen molar-refractivity contribution in [3.63, 3.8) is 0 Å². The molecule has 2 aliphatic rings. The maximum absolute atomic E-state index is 12.3. The minimum atomic E-state index is -1.53. The van der Waals surface area contributed by atoms with Gasteiger partial charge >= 0.3 is 5.63 Å². The Morgan fingerprint density at radius 3 is 2.50 bits per heavy atom. The summed E-state index contributed by atoms with van der Waals surface area (Å²) in [5, 5.41) is 40.3. The normalized spacial score (nSPS) is 30.2. The summed E-state index contributed by atoms with van der Waals surface area (Å²) in [6.07, 6.45) is -3.65. The highest BCUT2D eigenvalue weighted by Gasteiger charge is 2.45. The predicted molar refractivity (Wildman–Crippen MR) is 98.3 cm³/mol. The first kappa shape index (κ1) is 19.4. The molecule has 4 rings (SSSR count). The zero-order chi connectivity index (χ0) is 20.0. The lowest BCUT2D eigenvalue weighted by atomic mass is 9.90. The minimum absolute atomic E-state index is 0.341. The number of hydrogen-bond donors (Lipinski definition) is 4. The van der Waals surface area contributed by atoms with Gasteiger partial charge in [0.1, 0.15) is 35.7 Å². The molecule has 1 fully saturated rings. The first-order valence-corrected chi connectivity index (χ1v) is 9.47. The van der Waals surface area contributed by atoms with Crippen molar-refractivity contribution >= 4 is 11.0 Å². The number of hydrogen-bond acceptors (Lipinski definition) is 8. The number of aryl methyl sites for hydroxylation is 2. The standard InChI is InChI=1S/C20H24O8/c1-9-6-12-15(10-4-2-3-5-11(10)19(25)26-12)13(7-9)27-20-18(24)17(23)16(22)14(8-21)28-20/h6-7,14,16-18,20-24H,2-5,8H2,1H3/t14-,16+,17+,18-,20-/m0/s1. The maximum Gasteiger partial charge on any atom is 0.339 e. The van der Waals surface area contributed by atoms with E-state index >= 15 is 0 Å². The van der Waals surface area contributed by atoms with Crippen LogP contribution in [0.3, 0.4) is 0 Å². The van der Waals surface area contributed by atoms with Crippen LogP contribution < -0.4 is 10.4 Å². The fourth-order valence-electron chi connectivity index (χ4n) is 4.05. The summed E-state index contributed by atoms with van der Waals surface area (Å²) in [6, 6.07) is 3.50. The van der Waals surface area contributed by atoms with Crippen LogP contribution in [0.5, 0.6) is 5.75 Å². The molecule has 1 aromatic heterocycles. The Bertz CT molecular complexity index is 934. The Morgan fingerprint density at radius 2 is 1.79 bits per heavy atom. The highest BCUT2D eigenvalue weighted by Crippen LogP contribution is 2.36. The summed E-state index contributed by atoms with van der Waals surface area (Å²) < 4.78 is 16.9. The minimum Gasteiger partial charge on any atom is -0.461 e. The molecule has 8 nitrogen and oxygen atoms in total. The zero-order valence-corrected chi connectivity index (χ0v) is 15.5. The fraction of sp³-hybridized carbons (Fsp3) is 0.550. The summed E-state index contributed by atoms with van der Waals surface area (Å²) in [4.78, 5) is 12.3. The predicted octanol–water partition coefficient (Wildman–Crippen LogP) is 0.159. The van der Waals surface area contributed by atoms with E-state index in [4.69, 9.17) is 13.9 Å². The molecule has 0 unspecified atom stereocenters. The monoisotopic (exact) mass is 392 g/mol. The van der Waals surface area contributed by atoms with Gasteiger partial charge in [0.25, 0.3) is 0 Å². The van der Waals surface area contributed by atoms with Crippen LogP contribution in [-0.2, 0) is 17.6 Å². The number of benzene rings is 1. The molecule has 0 amide bonds. The molecule has 2 aromatic rings. The van der Waals surface area contributed by atoms with Gasteiger partial charge in [0.2, 0.25) is 6.29 Å². The van der Waals surface area contributed by atoms with E-state index in [1.54, 1.807) is 12.1 Å². The summed E-state index contributed by atoms with van der Waals surface area (Å²) in [6.45, 7) is 1.28. The SMILES string of the molecule is Cc1cc(O[C@H]2O[C@@H](CO)[C@@H](O)[C@@H](O)[C@@H]2O)c2c3c(c(=O)oc2c1)CCCC3. The van der Waals surface area contributed by atoms with Gasteiger partial charge in [-0.3, -0.25) is 0 Å². The molecule has 1 saturated heterocycles. The Hall–Kier alpha value is -1.97. The van der Waals surface area contributed by atoms with Gasteiger partial charge in [-0.2, -0.15) is 0 Å². The van der Waals surface area contributed by atoms with Crippen LogP contribution in [0.15, 0.2) is 21.3 Å². The van der Waals surface area contributed by atoms with Gasteiger partial charge in [0.15, 0.2) is 0 Å². The Balaban J connectivity index is 1.79. The summed E-state index contributed by atoms with van der Waals surface area (Å²) in [5.41, 5.74) is 2.35. The number of ether oxygens (including phenoxy) is 2. The first-order valence-electron chi connectivity index (χ1n) is 9.47. The number of fused-ring (bicyclic) bond motifs is 3. The molecule has 0 saturated carbocycles. The Morgan fingerprint density at radius 1 is 1.07 bits per heavy atom.